The number of aromatic hydroxyl groups is 1. The van der Waals surface area contributed by atoms with E-state index in [-0.39, 0.29) is 11.3 Å². The molecular weight excluding hydrogens is 380 g/mol. The molecule has 2 heterocycles. The number of para-hydroxylation sites is 1. The van der Waals surface area contributed by atoms with Gasteiger partial charge in [0.2, 0.25) is 5.95 Å². The molecule has 0 aliphatic rings. The van der Waals surface area contributed by atoms with Crippen LogP contribution >= 0.6 is 0 Å². The van der Waals surface area contributed by atoms with Crippen LogP contribution in [0.25, 0.3) is 11.4 Å². The Kier molecular flexibility index (Phi) is 5.29. The highest BCUT2D eigenvalue weighted by molar-refractivity contribution is 6.06. The van der Waals surface area contributed by atoms with E-state index >= 15 is 0 Å². The third-order valence-corrected chi connectivity index (χ3v) is 4.37. The van der Waals surface area contributed by atoms with Gasteiger partial charge >= 0.3 is 0 Å². The van der Waals surface area contributed by atoms with Crippen LogP contribution in [0.1, 0.15) is 15.9 Å². The van der Waals surface area contributed by atoms with Crippen molar-refractivity contribution in [3.05, 3.63) is 84.4 Å². The molecule has 3 N–H and O–H groups in total. The maximum absolute atomic E-state index is 12.5. The number of carbonyl (C=O) groups is 1. The molecule has 2 aromatic heterocycles. The van der Waals surface area contributed by atoms with Gasteiger partial charge < -0.3 is 15.7 Å². The summed E-state index contributed by atoms with van der Waals surface area (Å²) in [6, 6.07) is 13.6. The Labute approximate surface area is 172 Å². The molecule has 4 aromatic rings. The number of aryl methyl sites for hydroxylation is 1. The van der Waals surface area contributed by atoms with Crippen LogP contribution in [0.15, 0.2) is 73.3 Å². The van der Waals surface area contributed by atoms with Crippen molar-refractivity contribution in [3.63, 3.8) is 0 Å². The second kappa shape index (κ2) is 8.36. The number of nitrogens with zero attached hydrogens (tertiary/aromatic N) is 4. The summed E-state index contributed by atoms with van der Waals surface area (Å²) in [5, 5.41) is 15.8. The quantitative estimate of drug-likeness (QED) is 0.467. The normalized spacial score (nSPS) is 10.4. The number of anilines is 3. The average Bonchev–Trinajstić information content (AvgIpc) is 2.77. The van der Waals surface area contributed by atoms with Gasteiger partial charge in [0, 0.05) is 30.0 Å². The van der Waals surface area contributed by atoms with E-state index in [1.54, 1.807) is 61.2 Å². The molecule has 8 nitrogen and oxygen atoms in total. The summed E-state index contributed by atoms with van der Waals surface area (Å²) in [6.45, 7) is 1.93. The molecule has 0 spiro atoms. The largest absolute Gasteiger partial charge is 0.507 e. The molecule has 30 heavy (non-hydrogen) atoms. The molecule has 8 heteroatoms. The lowest BCUT2D eigenvalue weighted by molar-refractivity contribution is 0.102. The standard InChI is InChI=1S/C22H18N6O2/c1-14-6-7-15(26-21(30)16-4-2-3-5-20(16)29)12-18(14)28-22-25-9-8-17(27-22)19-13-23-10-11-24-19/h2-13,29H,1H3,(H,26,30)(H,25,27,28). The Morgan fingerprint density at radius 3 is 2.63 bits per heavy atom. The van der Waals surface area contributed by atoms with Crippen molar-refractivity contribution in [2.75, 3.05) is 10.6 Å². The van der Waals surface area contributed by atoms with Gasteiger partial charge in [0.1, 0.15) is 11.4 Å². The van der Waals surface area contributed by atoms with Crippen LogP contribution < -0.4 is 10.6 Å². The SMILES string of the molecule is Cc1ccc(NC(=O)c2ccccc2O)cc1Nc1nccc(-c2cnccn2)n1. The van der Waals surface area contributed by atoms with Crippen LogP contribution in [0.5, 0.6) is 5.75 Å². The van der Waals surface area contributed by atoms with Gasteiger partial charge in [-0.1, -0.05) is 18.2 Å². The summed E-state index contributed by atoms with van der Waals surface area (Å²) < 4.78 is 0. The van der Waals surface area contributed by atoms with E-state index in [4.69, 9.17) is 0 Å². The summed E-state index contributed by atoms with van der Waals surface area (Å²) in [5.41, 5.74) is 3.74. The van der Waals surface area contributed by atoms with Gasteiger partial charge in [-0.25, -0.2) is 9.97 Å². The number of benzene rings is 2. The molecule has 148 valence electrons. The van der Waals surface area contributed by atoms with Gasteiger partial charge in [0.15, 0.2) is 0 Å². The predicted molar refractivity (Wildman–Crippen MR) is 114 cm³/mol. The number of hydrogen-bond acceptors (Lipinski definition) is 7. The van der Waals surface area contributed by atoms with Gasteiger partial charge in [-0.05, 0) is 42.8 Å². The van der Waals surface area contributed by atoms with Gasteiger partial charge in [-0.3, -0.25) is 14.8 Å². The summed E-state index contributed by atoms with van der Waals surface area (Å²) in [7, 11) is 0. The minimum atomic E-state index is -0.399. The van der Waals surface area contributed by atoms with Crippen LogP contribution in [-0.2, 0) is 0 Å². The second-order valence-corrected chi connectivity index (χ2v) is 6.48. The van der Waals surface area contributed by atoms with Crippen LogP contribution in [0.2, 0.25) is 0 Å². The number of nitrogens with one attached hydrogen (secondary N) is 2. The van der Waals surface area contributed by atoms with E-state index in [1.165, 1.54) is 6.07 Å². The Bertz CT molecular complexity index is 1200. The predicted octanol–water partition coefficient (Wildman–Crippen LogP) is 3.94. The van der Waals surface area contributed by atoms with Crippen molar-refractivity contribution in [2.24, 2.45) is 0 Å². The molecule has 0 atom stereocenters. The molecule has 1 amide bonds. The van der Waals surface area contributed by atoms with Crippen molar-refractivity contribution in [1.82, 2.24) is 19.9 Å². The Morgan fingerprint density at radius 1 is 0.967 bits per heavy atom. The van der Waals surface area contributed by atoms with Crippen molar-refractivity contribution >= 4 is 23.2 Å². The fourth-order valence-corrected chi connectivity index (χ4v) is 2.81. The lowest BCUT2D eigenvalue weighted by Crippen LogP contribution is -2.12. The van der Waals surface area contributed by atoms with Gasteiger partial charge in [-0.2, -0.15) is 0 Å². The Morgan fingerprint density at radius 2 is 1.83 bits per heavy atom. The molecule has 0 fully saturated rings. The summed E-state index contributed by atoms with van der Waals surface area (Å²) in [6.07, 6.45) is 6.47. The molecule has 2 aromatic carbocycles. The number of phenolic OH excluding ortho intramolecular Hbond substituents is 1. The number of hydrogen-bond donors (Lipinski definition) is 3. The number of amides is 1. The first-order chi connectivity index (χ1) is 14.6. The molecule has 4 rings (SSSR count). The summed E-state index contributed by atoms with van der Waals surface area (Å²) in [4.78, 5) is 29.5. The molecule has 0 bridgehead atoms. The zero-order chi connectivity index (χ0) is 20.9. The van der Waals surface area contributed by atoms with Crippen molar-refractivity contribution < 1.29 is 9.90 Å². The highest BCUT2D eigenvalue weighted by Gasteiger charge is 2.12. The van der Waals surface area contributed by atoms with E-state index < -0.39 is 5.91 Å². The maximum Gasteiger partial charge on any atom is 0.259 e. The van der Waals surface area contributed by atoms with Crippen LogP contribution in [0.4, 0.5) is 17.3 Å². The lowest BCUT2D eigenvalue weighted by atomic mass is 10.1. The van der Waals surface area contributed by atoms with Crippen LogP contribution in [0, 0.1) is 6.92 Å². The topological polar surface area (TPSA) is 113 Å². The average molecular weight is 398 g/mol. The number of aromatic nitrogens is 4. The lowest BCUT2D eigenvalue weighted by Gasteiger charge is -2.12. The second-order valence-electron chi connectivity index (χ2n) is 6.48. The number of phenols is 1. The third-order valence-electron chi connectivity index (χ3n) is 4.37. The van der Waals surface area contributed by atoms with Crippen LogP contribution in [-0.4, -0.2) is 30.9 Å². The monoisotopic (exact) mass is 398 g/mol. The zero-order valence-corrected chi connectivity index (χ0v) is 16.1. The van der Waals surface area contributed by atoms with Crippen molar-refractivity contribution in [2.45, 2.75) is 6.92 Å². The molecule has 0 aliphatic heterocycles. The third kappa shape index (κ3) is 4.22. The number of carbonyl (C=O) groups excluding carboxylic acids is 1. The van der Waals surface area contributed by atoms with E-state index in [2.05, 4.69) is 30.6 Å². The first-order valence-corrected chi connectivity index (χ1v) is 9.16. The van der Waals surface area contributed by atoms with Crippen molar-refractivity contribution in [3.8, 4) is 17.1 Å². The summed E-state index contributed by atoms with van der Waals surface area (Å²) >= 11 is 0. The van der Waals surface area contributed by atoms with Crippen molar-refractivity contribution in [1.29, 1.82) is 0 Å². The molecule has 0 saturated carbocycles. The minimum absolute atomic E-state index is 0.0744. The van der Waals surface area contributed by atoms with E-state index in [1.807, 2.05) is 13.0 Å². The molecule has 0 unspecified atom stereocenters. The highest BCUT2D eigenvalue weighted by atomic mass is 16.3. The minimum Gasteiger partial charge on any atom is -0.507 e. The Balaban J connectivity index is 1.56. The van der Waals surface area contributed by atoms with E-state index in [0.717, 1.165) is 11.3 Å². The van der Waals surface area contributed by atoms with E-state index in [9.17, 15) is 9.90 Å². The zero-order valence-electron chi connectivity index (χ0n) is 16.1. The van der Waals surface area contributed by atoms with E-state index in [0.29, 0.717) is 23.0 Å². The molecule has 0 aliphatic carbocycles. The van der Waals surface area contributed by atoms with Gasteiger partial charge in [0.25, 0.3) is 5.91 Å². The molecule has 0 saturated heterocycles. The maximum atomic E-state index is 12.5. The Hall–Kier alpha value is -4.33. The fourth-order valence-electron chi connectivity index (χ4n) is 2.81. The number of rotatable bonds is 5. The van der Waals surface area contributed by atoms with Crippen LogP contribution in [0.3, 0.4) is 0 Å². The smallest absolute Gasteiger partial charge is 0.259 e. The fraction of sp³-hybridized carbons (Fsp3) is 0.0455. The van der Waals surface area contributed by atoms with Gasteiger partial charge in [0.05, 0.1) is 17.5 Å². The molecular formula is C22H18N6O2. The highest BCUT2D eigenvalue weighted by Crippen LogP contribution is 2.25. The first kappa shape index (κ1) is 19.0. The first-order valence-electron chi connectivity index (χ1n) is 9.16. The summed E-state index contributed by atoms with van der Waals surface area (Å²) in [5.74, 6) is -0.0797. The molecule has 0 radical (unpaired) electrons. The van der Waals surface area contributed by atoms with Gasteiger partial charge in [-0.15, -0.1) is 0 Å².